The van der Waals surface area contributed by atoms with E-state index in [1.54, 1.807) is 6.07 Å². The third-order valence-electron chi connectivity index (χ3n) is 2.33. The van der Waals surface area contributed by atoms with Crippen molar-refractivity contribution < 1.29 is 18.0 Å². The van der Waals surface area contributed by atoms with Gasteiger partial charge in [0.25, 0.3) is 0 Å². The Labute approximate surface area is 89.5 Å². The third kappa shape index (κ3) is 1.91. The molecule has 0 bridgehead atoms. The van der Waals surface area contributed by atoms with Crippen LogP contribution in [0.3, 0.4) is 0 Å². The summed E-state index contributed by atoms with van der Waals surface area (Å²) in [6, 6.07) is 8.01. The Hall–Kier alpha value is -1.84. The van der Waals surface area contributed by atoms with Gasteiger partial charge in [-0.15, -0.1) is 0 Å². The highest BCUT2D eigenvalue weighted by Gasteiger charge is 2.30. The van der Waals surface area contributed by atoms with Crippen LogP contribution in [0.4, 0.5) is 13.2 Å². The largest absolute Gasteiger partial charge is 0.416 e. The molecule has 0 atom stereocenters. The van der Waals surface area contributed by atoms with Crippen LogP contribution >= 0.6 is 0 Å². The number of fused-ring (bicyclic) bond motifs is 1. The second-order valence-corrected chi connectivity index (χ2v) is 3.44. The zero-order chi connectivity index (χ0) is 11.8. The first-order chi connectivity index (χ1) is 7.50. The molecule has 1 nitrogen and oxygen atoms in total. The summed E-state index contributed by atoms with van der Waals surface area (Å²) in [6.45, 7) is 0. The monoisotopic (exact) mass is 224 g/mol. The van der Waals surface area contributed by atoms with Crippen molar-refractivity contribution in [1.82, 2.24) is 0 Å². The molecule has 0 unspecified atom stereocenters. The maximum Gasteiger partial charge on any atom is 0.416 e. The minimum absolute atomic E-state index is 0.451. The van der Waals surface area contributed by atoms with Crippen molar-refractivity contribution in [2.45, 2.75) is 6.18 Å². The van der Waals surface area contributed by atoms with E-state index in [1.165, 1.54) is 18.2 Å². The van der Waals surface area contributed by atoms with Crippen molar-refractivity contribution in [3.63, 3.8) is 0 Å². The second-order valence-electron chi connectivity index (χ2n) is 3.44. The molecule has 4 heteroatoms. The summed E-state index contributed by atoms with van der Waals surface area (Å²) in [5, 5.41) is 1.10. The highest BCUT2D eigenvalue weighted by molar-refractivity contribution is 5.89. The number of rotatable bonds is 1. The molecule has 82 valence electrons. The van der Waals surface area contributed by atoms with Crippen molar-refractivity contribution in [3.05, 3.63) is 47.5 Å². The van der Waals surface area contributed by atoms with Crippen LogP contribution in [0.5, 0.6) is 0 Å². The van der Waals surface area contributed by atoms with Crippen molar-refractivity contribution in [2.75, 3.05) is 0 Å². The normalized spacial score (nSPS) is 11.7. The van der Waals surface area contributed by atoms with Crippen molar-refractivity contribution in [3.8, 4) is 0 Å². The lowest BCUT2D eigenvalue weighted by Gasteiger charge is -2.07. The molecule has 0 aliphatic rings. The van der Waals surface area contributed by atoms with E-state index in [0.29, 0.717) is 22.6 Å². The van der Waals surface area contributed by atoms with Crippen LogP contribution < -0.4 is 0 Å². The molecule has 0 N–H and O–H groups in total. The number of benzene rings is 2. The smallest absolute Gasteiger partial charge is 0.298 e. The van der Waals surface area contributed by atoms with E-state index in [4.69, 9.17) is 0 Å². The maximum atomic E-state index is 12.4. The van der Waals surface area contributed by atoms with Gasteiger partial charge in [0.2, 0.25) is 0 Å². The Morgan fingerprint density at radius 1 is 0.938 bits per heavy atom. The summed E-state index contributed by atoms with van der Waals surface area (Å²) >= 11 is 0. The van der Waals surface area contributed by atoms with Gasteiger partial charge in [-0.25, -0.2) is 0 Å². The first-order valence-corrected chi connectivity index (χ1v) is 4.57. The van der Waals surface area contributed by atoms with Crippen LogP contribution in [-0.2, 0) is 6.18 Å². The Bertz CT molecular complexity index is 543. The first-order valence-electron chi connectivity index (χ1n) is 4.57. The zero-order valence-corrected chi connectivity index (χ0v) is 8.08. The molecular formula is C12H7F3O. The number of alkyl halides is 3. The van der Waals surface area contributed by atoms with Crippen LogP contribution in [0.1, 0.15) is 15.9 Å². The summed E-state index contributed by atoms with van der Waals surface area (Å²) < 4.78 is 37.2. The summed E-state index contributed by atoms with van der Waals surface area (Å²) in [4.78, 5) is 10.5. The minimum atomic E-state index is -4.34. The van der Waals surface area contributed by atoms with E-state index in [9.17, 15) is 18.0 Å². The molecule has 0 heterocycles. The maximum absolute atomic E-state index is 12.4. The Kier molecular flexibility index (Phi) is 2.42. The summed E-state index contributed by atoms with van der Waals surface area (Å²) in [6.07, 6.45) is -3.67. The first kappa shape index (κ1) is 10.7. The van der Waals surface area contributed by atoms with Gasteiger partial charge >= 0.3 is 6.18 Å². The molecule has 0 saturated heterocycles. The van der Waals surface area contributed by atoms with Gasteiger partial charge < -0.3 is 0 Å². The average molecular weight is 224 g/mol. The van der Waals surface area contributed by atoms with Crippen LogP contribution in [0.25, 0.3) is 10.8 Å². The van der Waals surface area contributed by atoms with Crippen molar-refractivity contribution >= 4 is 17.1 Å². The Morgan fingerprint density at radius 2 is 1.56 bits per heavy atom. The second kappa shape index (κ2) is 3.63. The lowest BCUT2D eigenvalue weighted by molar-refractivity contribution is -0.137. The van der Waals surface area contributed by atoms with E-state index < -0.39 is 11.7 Å². The lowest BCUT2D eigenvalue weighted by atomic mass is 10.0. The molecule has 0 spiro atoms. The number of halogens is 3. The fraction of sp³-hybridized carbons (Fsp3) is 0.0833. The predicted molar refractivity (Wildman–Crippen MR) is 54.3 cm³/mol. The Balaban J connectivity index is 2.60. The van der Waals surface area contributed by atoms with E-state index >= 15 is 0 Å². The van der Waals surface area contributed by atoms with Crippen LogP contribution in [-0.4, -0.2) is 6.29 Å². The quantitative estimate of drug-likeness (QED) is 0.675. The fourth-order valence-electron chi connectivity index (χ4n) is 1.51. The molecule has 2 rings (SSSR count). The van der Waals surface area contributed by atoms with Gasteiger partial charge in [-0.1, -0.05) is 18.2 Å². The van der Waals surface area contributed by atoms with Gasteiger partial charge in [0.15, 0.2) is 0 Å². The van der Waals surface area contributed by atoms with Gasteiger partial charge in [0.05, 0.1) is 5.56 Å². The fourth-order valence-corrected chi connectivity index (χ4v) is 1.51. The molecule has 2 aromatic rings. The van der Waals surface area contributed by atoms with Crippen LogP contribution in [0.2, 0.25) is 0 Å². The molecule has 2 aromatic carbocycles. The summed E-state index contributed by atoms with van der Waals surface area (Å²) in [5.74, 6) is 0. The molecule has 0 fully saturated rings. The van der Waals surface area contributed by atoms with E-state index in [2.05, 4.69) is 0 Å². The van der Waals surface area contributed by atoms with Crippen molar-refractivity contribution in [2.24, 2.45) is 0 Å². The molecular weight excluding hydrogens is 217 g/mol. The highest BCUT2D eigenvalue weighted by Crippen LogP contribution is 2.31. The molecule has 0 aliphatic heterocycles. The number of hydrogen-bond donors (Lipinski definition) is 0. The molecule has 0 aromatic heterocycles. The van der Waals surface area contributed by atoms with E-state index in [0.717, 1.165) is 12.1 Å². The van der Waals surface area contributed by atoms with Gasteiger partial charge in [0.1, 0.15) is 6.29 Å². The topological polar surface area (TPSA) is 17.1 Å². The van der Waals surface area contributed by atoms with Crippen LogP contribution in [0.15, 0.2) is 36.4 Å². The van der Waals surface area contributed by atoms with E-state index in [-0.39, 0.29) is 0 Å². The summed E-state index contributed by atoms with van der Waals surface area (Å²) in [7, 11) is 0. The molecule has 16 heavy (non-hydrogen) atoms. The third-order valence-corrected chi connectivity index (χ3v) is 2.33. The molecule has 0 saturated carbocycles. The predicted octanol–water partition coefficient (Wildman–Crippen LogP) is 3.67. The number of carbonyl (C=O) groups excluding carboxylic acids is 1. The molecule has 0 amide bonds. The molecule has 0 aliphatic carbocycles. The van der Waals surface area contributed by atoms with Gasteiger partial charge in [-0.3, -0.25) is 4.79 Å². The highest BCUT2D eigenvalue weighted by atomic mass is 19.4. The zero-order valence-electron chi connectivity index (χ0n) is 8.08. The van der Waals surface area contributed by atoms with Crippen molar-refractivity contribution in [1.29, 1.82) is 0 Å². The van der Waals surface area contributed by atoms with Gasteiger partial charge in [0, 0.05) is 5.56 Å². The minimum Gasteiger partial charge on any atom is -0.298 e. The summed E-state index contributed by atoms with van der Waals surface area (Å²) in [5.41, 5.74) is -0.230. The average Bonchev–Trinajstić information content (AvgIpc) is 2.26. The van der Waals surface area contributed by atoms with Gasteiger partial charge in [-0.05, 0) is 29.0 Å². The van der Waals surface area contributed by atoms with E-state index in [1.807, 2.05) is 0 Å². The standard InChI is InChI=1S/C12H7F3O/c13-12(14,15)11-4-3-9-5-8(7-16)1-2-10(9)6-11/h1-7H. The molecule has 0 radical (unpaired) electrons. The number of aldehydes is 1. The SMILES string of the molecule is O=Cc1ccc2cc(C(F)(F)F)ccc2c1. The lowest BCUT2D eigenvalue weighted by Crippen LogP contribution is -2.04. The van der Waals surface area contributed by atoms with Gasteiger partial charge in [-0.2, -0.15) is 13.2 Å². The Morgan fingerprint density at radius 3 is 2.19 bits per heavy atom. The number of carbonyl (C=O) groups is 1. The number of hydrogen-bond acceptors (Lipinski definition) is 1. The van der Waals surface area contributed by atoms with Crippen LogP contribution in [0, 0.1) is 0 Å².